The first-order valence-corrected chi connectivity index (χ1v) is 7.19. The van der Waals surface area contributed by atoms with E-state index in [0.29, 0.717) is 5.82 Å². The lowest BCUT2D eigenvalue weighted by Gasteiger charge is -2.11. The third-order valence-corrected chi connectivity index (χ3v) is 3.61. The second-order valence-electron chi connectivity index (χ2n) is 4.28. The van der Waals surface area contributed by atoms with Crippen molar-refractivity contribution in [2.24, 2.45) is 12.2 Å². The van der Waals surface area contributed by atoms with Crippen molar-refractivity contribution in [1.29, 1.82) is 0 Å². The molecule has 2 heterocycles. The van der Waals surface area contributed by atoms with Crippen LogP contribution in [0.25, 0.3) is 0 Å². The van der Waals surface area contributed by atoms with Crippen LogP contribution in [0.1, 0.15) is 29.3 Å². The van der Waals surface area contributed by atoms with Crippen LogP contribution >= 0.6 is 0 Å². The number of nitrogens with one attached hydrogen (secondary N) is 2. The van der Waals surface area contributed by atoms with E-state index < -0.39 is 22.0 Å². The second kappa shape index (κ2) is 5.06. The van der Waals surface area contributed by atoms with Gasteiger partial charge in [0, 0.05) is 13.2 Å². The molecule has 0 aliphatic carbocycles. The molecule has 9 nitrogen and oxygen atoms in total. The van der Waals surface area contributed by atoms with Gasteiger partial charge in [-0.05, 0) is 13.0 Å². The van der Waals surface area contributed by atoms with Gasteiger partial charge in [0.25, 0.3) is 5.91 Å². The van der Waals surface area contributed by atoms with E-state index >= 15 is 0 Å². The molecule has 2 rings (SSSR count). The molecule has 0 bridgehead atoms. The number of aromatic amines is 1. The Balaban J connectivity index is 2.20. The number of nitrogens with zero attached hydrogens (tertiary/aromatic N) is 3. The Morgan fingerprint density at radius 1 is 1.55 bits per heavy atom. The zero-order valence-electron chi connectivity index (χ0n) is 10.9. The van der Waals surface area contributed by atoms with Crippen LogP contribution in [-0.4, -0.2) is 34.1 Å². The molecule has 1 atom stereocenters. The summed E-state index contributed by atoms with van der Waals surface area (Å²) in [7, 11) is -2.28. The number of sulfonamides is 1. The van der Waals surface area contributed by atoms with Gasteiger partial charge in [-0.15, -0.1) is 0 Å². The molecule has 20 heavy (non-hydrogen) atoms. The fourth-order valence-corrected chi connectivity index (χ4v) is 2.26. The van der Waals surface area contributed by atoms with Gasteiger partial charge < -0.3 is 9.88 Å². The number of carbonyl (C=O) groups excluding carboxylic acids is 1. The molecule has 1 amide bonds. The molecular formula is C10H14N6O3S. The number of aromatic nitrogens is 4. The van der Waals surface area contributed by atoms with E-state index in [1.165, 1.54) is 23.2 Å². The van der Waals surface area contributed by atoms with Crippen LogP contribution in [-0.2, 0) is 17.1 Å². The Bertz CT molecular complexity index is 718. The summed E-state index contributed by atoms with van der Waals surface area (Å²) in [4.78, 5) is 15.9. The van der Waals surface area contributed by atoms with E-state index in [9.17, 15) is 13.2 Å². The van der Waals surface area contributed by atoms with Crippen molar-refractivity contribution < 1.29 is 13.2 Å². The summed E-state index contributed by atoms with van der Waals surface area (Å²) < 4.78 is 23.9. The molecule has 108 valence electrons. The van der Waals surface area contributed by atoms with Crippen LogP contribution in [0.2, 0.25) is 0 Å². The number of hydrogen-bond donors (Lipinski definition) is 3. The van der Waals surface area contributed by atoms with Crippen LogP contribution in [0.3, 0.4) is 0 Å². The van der Waals surface area contributed by atoms with Gasteiger partial charge in [-0.1, -0.05) is 0 Å². The molecule has 4 N–H and O–H groups in total. The first kappa shape index (κ1) is 14.2. The quantitative estimate of drug-likeness (QED) is 0.684. The van der Waals surface area contributed by atoms with E-state index in [4.69, 9.17) is 5.14 Å². The highest BCUT2D eigenvalue weighted by Crippen LogP contribution is 2.13. The van der Waals surface area contributed by atoms with E-state index in [0.717, 1.165) is 0 Å². The maximum absolute atomic E-state index is 12.1. The third kappa shape index (κ3) is 2.86. The Labute approximate surface area is 115 Å². The van der Waals surface area contributed by atoms with Crippen LogP contribution in [0, 0.1) is 0 Å². The molecule has 10 heteroatoms. The minimum Gasteiger partial charge on any atom is -0.345 e. The Kier molecular flexibility index (Phi) is 3.59. The van der Waals surface area contributed by atoms with Crippen molar-refractivity contribution in [3.05, 3.63) is 30.1 Å². The van der Waals surface area contributed by atoms with Crippen LogP contribution in [0.5, 0.6) is 0 Å². The molecule has 0 aromatic carbocycles. The van der Waals surface area contributed by atoms with Crippen molar-refractivity contribution in [1.82, 2.24) is 25.1 Å². The molecule has 0 aliphatic rings. The van der Waals surface area contributed by atoms with E-state index in [-0.39, 0.29) is 10.6 Å². The topological polar surface area (TPSA) is 136 Å². The molecule has 0 aliphatic heterocycles. The van der Waals surface area contributed by atoms with Crippen molar-refractivity contribution >= 4 is 15.9 Å². The third-order valence-electron chi connectivity index (χ3n) is 2.73. The van der Waals surface area contributed by atoms with Crippen LogP contribution in [0.15, 0.2) is 23.5 Å². The first-order valence-electron chi connectivity index (χ1n) is 5.64. The molecule has 0 saturated carbocycles. The second-order valence-corrected chi connectivity index (χ2v) is 5.84. The summed E-state index contributed by atoms with van der Waals surface area (Å²) in [6, 6.07) is 0.829. The summed E-state index contributed by atoms with van der Waals surface area (Å²) in [5, 5.41) is 14.0. The summed E-state index contributed by atoms with van der Waals surface area (Å²) in [5.41, 5.74) is 0.181. The molecule has 2 aromatic rings. The fraction of sp³-hybridized carbons (Fsp3) is 0.300. The minimum absolute atomic E-state index is 0.113. The molecule has 0 spiro atoms. The Morgan fingerprint density at radius 2 is 2.25 bits per heavy atom. The molecular weight excluding hydrogens is 284 g/mol. The average molecular weight is 298 g/mol. The molecule has 2 aromatic heterocycles. The molecule has 0 radical (unpaired) electrons. The largest absolute Gasteiger partial charge is 0.345 e. The van der Waals surface area contributed by atoms with Gasteiger partial charge in [0.15, 0.2) is 0 Å². The highest BCUT2D eigenvalue weighted by Gasteiger charge is 2.19. The maximum atomic E-state index is 12.1. The van der Waals surface area contributed by atoms with E-state index in [1.807, 2.05) is 0 Å². The molecule has 1 unspecified atom stereocenters. The predicted molar refractivity (Wildman–Crippen MR) is 69.1 cm³/mol. The standard InChI is InChI=1S/C10H14N6O3S/c1-6(9-12-5-13-15-9)14-10(17)8-3-7(4-16(8)2)20(11,18)19/h3-6H,1-2H3,(H,14,17)(H2,11,18,19)(H,12,13,15). The molecule has 0 saturated heterocycles. The maximum Gasteiger partial charge on any atom is 0.268 e. The van der Waals surface area contributed by atoms with Gasteiger partial charge in [-0.2, -0.15) is 5.10 Å². The number of amides is 1. The first-order chi connectivity index (χ1) is 9.29. The zero-order valence-corrected chi connectivity index (χ0v) is 11.7. The highest BCUT2D eigenvalue weighted by molar-refractivity contribution is 7.89. The average Bonchev–Trinajstić information content (AvgIpc) is 2.95. The summed E-state index contributed by atoms with van der Waals surface area (Å²) in [5.74, 6) is 0.0607. The van der Waals surface area contributed by atoms with Gasteiger partial charge in [0.05, 0.1) is 6.04 Å². The lowest BCUT2D eigenvalue weighted by Crippen LogP contribution is -2.28. The number of carbonyl (C=O) groups is 1. The van der Waals surface area contributed by atoms with Gasteiger partial charge >= 0.3 is 0 Å². The van der Waals surface area contributed by atoms with Crippen molar-refractivity contribution in [3.63, 3.8) is 0 Å². The van der Waals surface area contributed by atoms with Crippen LogP contribution < -0.4 is 10.5 Å². The van der Waals surface area contributed by atoms with Crippen LogP contribution in [0.4, 0.5) is 0 Å². The summed E-state index contributed by atoms with van der Waals surface area (Å²) in [6.45, 7) is 1.72. The van der Waals surface area contributed by atoms with Gasteiger partial charge in [-0.3, -0.25) is 9.89 Å². The number of nitrogens with two attached hydrogens (primary N) is 1. The number of rotatable bonds is 4. The fourth-order valence-electron chi connectivity index (χ4n) is 1.68. The van der Waals surface area contributed by atoms with E-state index in [1.54, 1.807) is 14.0 Å². The van der Waals surface area contributed by atoms with Crippen molar-refractivity contribution in [2.45, 2.75) is 17.9 Å². The lowest BCUT2D eigenvalue weighted by molar-refractivity contribution is 0.0930. The van der Waals surface area contributed by atoms with Gasteiger partial charge in [0.2, 0.25) is 10.0 Å². The summed E-state index contributed by atoms with van der Waals surface area (Å²) in [6.07, 6.45) is 2.61. The van der Waals surface area contributed by atoms with Crippen molar-refractivity contribution in [3.8, 4) is 0 Å². The highest BCUT2D eigenvalue weighted by atomic mass is 32.2. The Morgan fingerprint density at radius 3 is 2.75 bits per heavy atom. The monoisotopic (exact) mass is 298 g/mol. The number of aryl methyl sites for hydroxylation is 1. The minimum atomic E-state index is -3.84. The smallest absolute Gasteiger partial charge is 0.268 e. The predicted octanol–water partition coefficient (Wildman–Crippen LogP) is -0.718. The van der Waals surface area contributed by atoms with E-state index in [2.05, 4.69) is 20.5 Å². The Hall–Kier alpha value is -2.20. The van der Waals surface area contributed by atoms with Crippen molar-refractivity contribution in [2.75, 3.05) is 0 Å². The van der Waals surface area contributed by atoms with Gasteiger partial charge in [0.1, 0.15) is 22.7 Å². The normalized spacial score (nSPS) is 13.2. The molecule has 0 fully saturated rings. The number of hydrogen-bond acceptors (Lipinski definition) is 5. The number of primary sulfonamides is 1. The number of H-pyrrole nitrogens is 1. The SMILES string of the molecule is CC(NC(=O)c1cc(S(N)(=O)=O)cn1C)c1ncn[nH]1. The van der Waals surface area contributed by atoms with Gasteiger partial charge in [-0.25, -0.2) is 18.5 Å². The zero-order chi connectivity index (χ0) is 14.9. The lowest BCUT2D eigenvalue weighted by atomic mass is 10.3. The summed E-state index contributed by atoms with van der Waals surface area (Å²) >= 11 is 0.